The molecule has 1 atom stereocenters. The third-order valence-corrected chi connectivity index (χ3v) is 4.11. The van der Waals surface area contributed by atoms with Crippen molar-refractivity contribution in [3.8, 4) is 0 Å². The van der Waals surface area contributed by atoms with E-state index in [-0.39, 0.29) is 0 Å². The molecule has 0 spiro atoms. The van der Waals surface area contributed by atoms with Crippen LogP contribution in [0.3, 0.4) is 0 Å². The number of rotatable bonds is 3. The molecular weight excluding hydrogens is 236 g/mol. The molecule has 0 amide bonds. The maximum absolute atomic E-state index is 10.3. The molecule has 18 heavy (non-hydrogen) atoms. The van der Waals surface area contributed by atoms with Crippen LogP contribution in [0.5, 0.6) is 0 Å². The zero-order valence-corrected chi connectivity index (χ0v) is 12.2. The van der Waals surface area contributed by atoms with Crippen molar-refractivity contribution >= 4 is 18.8 Å². The highest BCUT2D eigenvalue weighted by molar-refractivity contribution is 6.80. The highest BCUT2D eigenvalue weighted by Crippen LogP contribution is 2.25. The van der Waals surface area contributed by atoms with E-state index in [0.717, 1.165) is 10.9 Å². The van der Waals surface area contributed by atoms with E-state index in [1.54, 1.807) is 0 Å². The van der Waals surface area contributed by atoms with E-state index >= 15 is 0 Å². The van der Waals surface area contributed by atoms with E-state index in [4.69, 9.17) is 0 Å². The van der Waals surface area contributed by atoms with Gasteiger partial charge in [-0.25, -0.2) is 0 Å². The van der Waals surface area contributed by atoms with Gasteiger partial charge in [-0.2, -0.15) is 0 Å². The second-order valence-electron chi connectivity index (χ2n) is 5.74. The van der Waals surface area contributed by atoms with Crippen LogP contribution >= 0.6 is 0 Å². The SMILES string of the molecule is C[Si](C)(C)/C=C/[C@H](O)c1cccc2ccccc12. The summed E-state index contributed by atoms with van der Waals surface area (Å²) in [5, 5.41) is 12.6. The first kappa shape index (κ1) is 13.1. The Morgan fingerprint density at radius 1 is 1.00 bits per heavy atom. The molecule has 1 N–H and O–H groups in total. The molecule has 0 bridgehead atoms. The predicted molar refractivity (Wildman–Crippen MR) is 81.4 cm³/mol. The zero-order chi connectivity index (χ0) is 13.2. The Morgan fingerprint density at radius 2 is 1.67 bits per heavy atom. The second kappa shape index (κ2) is 5.08. The number of fused-ring (bicyclic) bond motifs is 1. The molecular formula is C16H20OSi. The molecule has 0 unspecified atom stereocenters. The lowest BCUT2D eigenvalue weighted by molar-refractivity contribution is 0.230. The van der Waals surface area contributed by atoms with Gasteiger partial charge in [-0.3, -0.25) is 0 Å². The van der Waals surface area contributed by atoms with Gasteiger partial charge >= 0.3 is 0 Å². The molecule has 0 aliphatic rings. The standard InChI is InChI=1S/C16H20OSi/c1-18(2,3)12-11-16(17)15-10-6-8-13-7-4-5-9-14(13)15/h4-12,16-17H,1-3H3/b12-11+/t16-/m0/s1. The summed E-state index contributed by atoms with van der Waals surface area (Å²) >= 11 is 0. The van der Waals surface area contributed by atoms with Gasteiger partial charge in [0.25, 0.3) is 0 Å². The molecule has 1 nitrogen and oxygen atoms in total. The predicted octanol–water partition coefficient (Wildman–Crippen LogP) is 4.31. The van der Waals surface area contributed by atoms with Gasteiger partial charge in [-0.15, -0.1) is 0 Å². The van der Waals surface area contributed by atoms with Crippen LogP contribution in [0.4, 0.5) is 0 Å². The summed E-state index contributed by atoms with van der Waals surface area (Å²) in [4.78, 5) is 0. The average molecular weight is 256 g/mol. The van der Waals surface area contributed by atoms with Crippen molar-refractivity contribution in [3.05, 3.63) is 59.8 Å². The van der Waals surface area contributed by atoms with Gasteiger partial charge in [0.05, 0.1) is 14.2 Å². The molecule has 0 saturated heterocycles. The van der Waals surface area contributed by atoms with Crippen molar-refractivity contribution in [2.75, 3.05) is 0 Å². The van der Waals surface area contributed by atoms with Crippen molar-refractivity contribution in [2.24, 2.45) is 0 Å². The highest BCUT2D eigenvalue weighted by Gasteiger charge is 2.11. The van der Waals surface area contributed by atoms with Gasteiger partial charge in [0.15, 0.2) is 0 Å². The Bertz CT molecular complexity index is 561. The lowest BCUT2D eigenvalue weighted by Crippen LogP contribution is -2.16. The molecule has 94 valence electrons. The van der Waals surface area contributed by atoms with Crippen LogP contribution in [-0.2, 0) is 0 Å². The number of hydrogen-bond donors (Lipinski definition) is 1. The maximum Gasteiger partial charge on any atom is 0.0974 e. The van der Waals surface area contributed by atoms with Gasteiger partial charge in [-0.05, 0) is 16.3 Å². The monoisotopic (exact) mass is 256 g/mol. The minimum atomic E-state index is -1.26. The summed E-state index contributed by atoms with van der Waals surface area (Å²) in [7, 11) is -1.26. The summed E-state index contributed by atoms with van der Waals surface area (Å²) < 4.78 is 0. The maximum atomic E-state index is 10.3. The molecule has 0 aromatic heterocycles. The lowest BCUT2D eigenvalue weighted by Gasteiger charge is -2.13. The normalized spacial score (nSPS) is 14.2. The van der Waals surface area contributed by atoms with Gasteiger partial charge in [0.1, 0.15) is 0 Å². The summed E-state index contributed by atoms with van der Waals surface area (Å²) in [6, 6.07) is 14.3. The molecule has 2 aromatic rings. The van der Waals surface area contributed by atoms with Gasteiger partial charge in [0, 0.05) is 0 Å². The van der Waals surface area contributed by atoms with Crippen molar-refractivity contribution in [2.45, 2.75) is 25.7 Å². The first-order chi connectivity index (χ1) is 8.47. The fraction of sp³-hybridized carbons (Fsp3) is 0.250. The molecule has 2 aromatic carbocycles. The minimum absolute atomic E-state index is 0.511. The van der Waals surface area contributed by atoms with E-state index in [2.05, 4.69) is 43.5 Å². The van der Waals surface area contributed by atoms with Crippen LogP contribution in [0.2, 0.25) is 19.6 Å². The Kier molecular flexibility index (Phi) is 3.69. The van der Waals surface area contributed by atoms with Gasteiger partial charge in [-0.1, -0.05) is 73.9 Å². The second-order valence-corrected chi connectivity index (χ2v) is 10.8. The Balaban J connectivity index is 2.39. The lowest BCUT2D eigenvalue weighted by atomic mass is 10.0. The molecule has 0 saturated carbocycles. The quantitative estimate of drug-likeness (QED) is 0.811. The van der Waals surface area contributed by atoms with Crippen LogP contribution in [0.1, 0.15) is 11.7 Å². The summed E-state index contributed by atoms with van der Waals surface area (Å²) in [6.07, 6.45) is 1.43. The third kappa shape index (κ3) is 3.09. The Labute approximate surface area is 110 Å². The van der Waals surface area contributed by atoms with Crippen LogP contribution in [0.25, 0.3) is 10.8 Å². The van der Waals surface area contributed by atoms with E-state index in [1.807, 2.05) is 30.3 Å². The van der Waals surface area contributed by atoms with Crippen molar-refractivity contribution in [3.63, 3.8) is 0 Å². The van der Waals surface area contributed by atoms with Crippen LogP contribution in [-0.4, -0.2) is 13.2 Å². The van der Waals surface area contributed by atoms with Gasteiger partial charge in [0.2, 0.25) is 0 Å². The van der Waals surface area contributed by atoms with E-state index in [0.29, 0.717) is 0 Å². The molecule has 0 radical (unpaired) electrons. The van der Waals surface area contributed by atoms with Gasteiger partial charge < -0.3 is 5.11 Å². The highest BCUT2D eigenvalue weighted by atomic mass is 28.3. The van der Waals surface area contributed by atoms with Crippen molar-refractivity contribution in [1.82, 2.24) is 0 Å². The first-order valence-electron chi connectivity index (χ1n) is 6.32. The average Bonchev–Trinajstić information content (AvgIpc) is 2.34. The Hall–Kier alpha value is -1.38. The molecule has 0 fully saturated rings. The summed E-state index contributed by atoms with van der Waals surface area (Å²) in [5.41, 5.74) is 3.18. The topological polar surface area (TPSA) is 20.2 Å². The largest absolute Gasteiger partial charge is 0.384 e. The number of aliphatic hydroxyl groups excluding tert-OH is 1. The molecule has 0 aliphatic carbocycles. The van der Waals surface area contributed by atoms with E-state index in [1.165, 1.54) is 5.39 Å². The fourth-order valence-corrected chi connectivity index (χ4v) is 2.75. The van der Waals surface area contributed by atoms with Crippen molar-refractivity contribution < 1.29 is 5.11 Å². The number of benzene rings is 2. The minimum Gasteiger partial charge on any atom is -0.384 e. The smallest absolute Gasteiger partial charge is 0.0974 e. The number of aliphatic hydroxyl groups is 1. The molecule has 2 heteroatoms. The third-order valence-electron chi connectivity index (χ3n) is 2.92. The van der Waals surface area contributed by atoms with E-state index < -0.39 is 14.2 Å². The molecule has 2 rings (SSSR count). The number of hydrogen-bond acceptors (Lipinski definition) is 1. The van der Waals surface area contributed by atoms with Crippen LogP contribution < -0.4 is 0 Å². The first-order valence-corrected chi connectivity index (χ1v) is 9.90. The fourth-order valence-electron chi connectivity index (χ4n) is 1.99. The van der Waals surface area contributed by atoms with Crippen LogP contribution in [0, 0.1) is 0 Å². The van der Waals surface area contributed by atoms with Crippen LogP contribution in [0.15, 0.2) is 54.2 Å². The molecule has 0 heterocycles. The summed E-state index contributed by atoms with van der Waals surface area (Å²) in [5.74, 6) is 0. The summed E-state index contributed by atoms with van der Waals surface area (Å²) in [6.45, 7) is 6.79. The van der Waals surface area contributed by atoms with E-state index in [9.17, 15) is 5.11 Å². The van der Waals surface area contributed by atoms with Crippen molar-refractivity contribution in [1.29, 1.82) is 0 Å². The molecule has 0 aliphatic heterocycles. The zero-order valence-electron chi connectivity index (χ0n) is 11.2. The Morgan fingerprint density at radius 3 is 2.39 bits per heavy atom.